The largest absolute Gasteiger partial charge is 0.494 e. The van der Waals surface area contributed by atoms with Crippen molar-refractivity contribution in [2.24, 2.45) is 0 Å². The lowest BCUT2D eigenvalue weighted by atomic mass is 10.3. The lowest BCUT2D eigenvalue weighted by Crippen LogP contribution is -1.92. The van der Waals surface area contributed by atoms with Crippen molar-refractivity contribution in [3.8, 4) is 5.75 Å². The molecule has 4 heteroatoms. The van der Waals surface area contributed by atoms with Crippen LogP contribution < -0.4 is 4.74 Å². The molecule has 1 aromatic carbocycles. The molecule has 13 heavy (non-hydrogen) atoms. The minimum absolute atomic E-state index is 0.0454. The van der Waals surface area contributed by atoms with Gasteiger partial charge in [-0.25, -0.2) is 4.39 Å². The summed E-state index contributed by atoms with van der Waals surface area (Å²) < 4.78 is 30.5. The molecular formula is C9H10F2OS. The highest BCUT2D eigenvalue weighted by atomic mass is 32.2. The number of thioether (sulfide) groups is 1. The van der Waals surface area contributed by atoms with Crippen LogP contribution in [0.2, 0.25) is 0 Å². The summed E-state index contributed by atoms with van der Waals surface area (Å²) >= 11 is 1.44. The Morgan fingerprint density at radius 1 is 1.38 bits per heavy atom. The molecule has 0 amide bonds. The van der Waals surface area contributed by atoms with Gasteiger partial charge in [0.1, 0.15) is 0 Å². The predicted molar refractivity (Wildman–Crippen MR) is 49.3 cm³/mol. The minimum Gasteiger partial charge on any atom is -0.494 e. The third kappa shape index (κ3) is 2.34. The van der Waals surface area contributed by atoms with E-state index in [0.29, 0.717) is 4.90 Å². The Kier molecular flexibility index (Phi) is 3.54. The molecule has 72 valence electrons. The third-order valence-corrected chi connectivity index (χ3v) is 2.36. The van der Waals surface area contributed by atoms with Crippen LogP contribution in [-0.4, -0.2) is 12.9 Å². The fourth-order valence-corrected chi connectivity index (χ4v) is 1.65. The molecule has 0 aliphatic rings. The summed E-state index contributed by atoms with van der Waals surface area (Å²) in [5.74, 6) is -1.02. The molecule has 0 fully saturated rings. The van der Waals surface area contributed by atoms with E-state index >= 15 is 0 Å². The first-order chi connectivity index (χ1) is 6.19. The van der Waals surface area contributed by atoms with Crippen LogP contribution in [0, 0.1) is 11.6 Å². The summed E-state index contributed by atoms with van der Waals surface area (Å²) in [6.45, 7) is 1.94. The van der Waals surface area contributed by atoms with Gasteiger partial charge >= 0.3 is 0 Å². The van der Waals surface area contributed by atoms with Crippen molar-refractivity contribution in [3.63, 3.8) is 0 Å². The van der Waals surface area contributed by atoms with Gasteiger partial charge in [0.25, 0.3) is 0 Å². The average Bonchev–Trinajstić information content (AvgIpc) is 2.11. The van der Waals surface area contributed by atoms with Crippen LogP contribution in [0.5, 0.6) is 5.75 Å². The van der Waals surface area contributed by atoms with E-state index in [0.717, 1.165) is 5.75 Å². The molecule has 0 heterocycles. The topological polar surface area (TPSA) is 9.23 Å². The zero-order chi connectivity index (χ0) is 9.84. The maximum absolute atomic E-state index is 12.9. The summed E-state index contributed by atoms with van der Waals surface area (Å²) in [7, 11) is 1.32. The molecule has 0 N–H and O–H groups in total. The highest BCUT2D eigenvalue weighted by Gasteiger charge is 2.10. The number of rotatable bonds is 3. The van der Waals surface area contributed by atoms with Gasteiger partial charge in [-0.15, -0.1) is 11.8 Å². The molecule has 0 aromatic heterocycles. The number of hydrogen-bond acceptors (Lipinski definition) is 2. The lowest BCUT2D eigenvalue weighted by molar-refractivity contribution is 0.370. The normalized spacial score (nSPS) is 10.2. The zero-order valence-electron chi connectivity index (χ0n) is 7.43. The number of ether oxygens (including phenoxy) is 1. The van der Waals surface area contributed by atoms with E-state index in [-0.39, 0.29) is 5.75 Å². The maximum atomic E-state index is 12.9. The smallest absolute Gasteiger partial charge is 0.200 e. The minimum atomic E-state index is -0.928. The molecule has 0 spiro atoms. The summed E-state index contributed by atoms with van der Waals surface area (Å²) in [4.78, 5) is 0.679. The SMILES string of the molecule is CCSc1cc(F)c(F)c(OC)c1. The monoisotopic (exact) mass is 204 g/mol. The Morgan fingerprint density at radius 3 is 2.62 bits per heavy atom. The molecule has 0 radical (unpaired) electrons. The number of benzene rings is 1. The fraction of sp³-hybridized carbons (Fsp3) is 0.333. The van der Waals surface area contributed by atoms with Crippen molar-refractivity contribution in [2.45, 2.75) is 11.8 Å². The Balaban J connectivity index is 3.06. The van der Waals surface area contributed by atoms with E-state index in [1.54, 1.807) is 0 Å². The fourth-order valence-electron chi connectivity index (χ4n) is 0.939. The van der Waals surface area contributed by atoms with Gasteiger partial charge in [0.05, 0.1) is 7.11 Å². The summed E-state index contributed by atoms with van der Waals surface area (Å²) in [6.07, 6.45) is 0. The molecule has 1 aromatic rings. The first-order valence-electron chi connectivity index (χ1n) is 3.84. The Hall–Kier alpha value is -0.770. The summed E-state index contributed by atoms with van der Waals surface area (Å²) in [5, 5.41) is 0. The predicted octanol–water partition coefficient (Wildman–Crippen LogP) is 3.09. The van der Waals surface area contributed by atoms with Gasteiger partial charge < -0.3 is 4.74 Å². The number of methoxy groups -OCH3 is 1. The van der Waals surface area contributed by atoms with Crippen LogP contribution in [0.4, 0.5) is 8.78 Å². The van der Waals surface area contributed by atoms with Crippen LogP contribution in [0.3, 0.4) is 0 Å². The quantitative estimate of drug-likeness (QED) is 0.700. The molecule has 0 bridgehead atoms. The second-order valence-electron chi connectivity index (χ2n) is 2.35. The van der Waals surface area contributed by atoms with E-state index in [9.17, 15) is 8.78 Å². The number of halogens is 2. The van der Waals surface area contributed by atoms with E-state index in [2.05, 4.69) is 4.74 Å². The molecule has 0 aliphatic heterocycles. The molecule has 0 unspecified atom stereocenters. The van der Waals surface area contributed by atoms with Crippen LogP contribution in [0.25, 0.3) is 0 Å². The maximum Gasteiger partial charge on any atom is 0.200 e. The standard InChI is InChI=1S/C9H10F2OS/c1-3-13-6-4-7(10)9(11)8(5-6)12-2/h4-5H,3H2,1-2H3. The van der Waals surface area contributed by atoms with Gasteiger partial charge in [-0.05, 0) is 17.9 Å². The molecule has 0 aliphatic carbocycles. The van der Waals surface area contributed by atoms with Crippen molar-refractivity contribution in [1.82, 2.24) is 0 Å². The summed E-state index contributed by atoms with van der Waals surface area (Å²) in [5.41, 5.74) is 0. The highest BCUT2D eigenvalue weighted by molar-refractivity contribution is 7.99. The molecule has 1 nitrogen and oxygen atoms in total. The third-order valence-electron chi connectivity index (χ3n) is 1.50. The second-order valence-corrected chi connectivity index (χ2v) is 3.69. The van der Waals surface area contributed by atoms with Gasteiger partial charge in [-0.3, -0.25) is 0 Å². The molecule has 0 atom stereocenters. The van der Waals surface area contributed by atoms with Crippen LogP contribution in [0.1, 0.15) is 6.92 Å². The second kappa shape index (κ2) is 4.46. The van der Waals surface area contributed by atoms with Crippen molar-refractivity contribution < 1.29 is 13.5 Å². The van der Waals surface area contributed by atoms with Crippen molar-refractivity contribution in [3.05, 3.63) is 23.8 Å². The van der Waals surface area contributed by atoms with E-state index in [1.165, 1.54) is 31.0 Å². The van der Waals surface area contributed by atoms with Crippen LogP contribution in [0.15, 0.2) is 17.0 Å². The van der Waals surface area contributed by atoms with E-state index in [4.69, 9.17) is 0 Å². The Labute approximate surface area is 80.1 Å². The highest BCUT2D eigenvalue weighted by Crippen LogP contribution is 2.27. The van der Waals surface area contributed by atoms with E-state index in [1.807, 2.05) is 6.92 Å². The average molecular weight is 204 g/mol. The first-order valence-corrected chi connectivity index (χ1v) is 4.83. The zero-order valence-corrected chi connectivity index (χ0v) is 8.25. The van der Waals surface area contributed by atoms with Crippen LogP contribution in [-0.2, 0) is 0 Å². The van der Waals surface area contributed by atoms with Crippen molar-refractivity contribution >= 4 is 11.8 Å². The molecule has 0 saturated carbocycles. The van der Waals surface area contributed by atoms with Gasteiger partial charge in [0.2, 0.25) is 5.82 Å². The van der Waals surface area contributed by atoms with Crippen LogP contribution >= 0.6 is 11.8 Å². The molecule has 0 saturated heterocycles. The summed E-state index contributed by atoms with van der Waals surface area (Å²) in [6, 6.07) is 2.67. The number of hydrogen-bond donors (Lipinski definition) is 0. The van der Waals surface area contributed by atoms with Gasteiger partial charge in [0.15, 0.2) is 11.6 Å². The molecular weight excluding hydrogens is 194 g/mol. The van der Waals surface area contributed by atoms with Crippen molar-refractivity contribution in [1.29, 1.82) is 0 Å². The van der Waals surface area contributed by atoms with Gasteiger partial charge in [-0.2, -0.15) is 4.39 Å². The first kappa shape index (κ1) is 10.3. The van der Waals surface area contributed by atoms with Gasteiger partial charge in [0, 0.05) is 4.90 Å². The van der Waals surface area contributed by atoms with Crippen molar-refractivity contribution in [2.75, 3.05) is 12.9 Å². The Morgan fingerprint density at radius 2 is 2.08 bits per heavy atom. The van der Waals surface area contributed by atoms with E-state index < -0.39 is 11.6 Å². The Bertz CT molecular complexity index is 302. The molecule has 1 rings (SSSR count). The lowest BCUT2D eigenvalue weighted by Gasteiger charge is -2.05. The van der Waals surface area contributed by atoms with Gasteiger partial charge in [-0.1, -0.05) is 6.92 Å².